The first-order valence-electron chi connectivity index (χ1n) is 6.36. The van der Waals surface area contributed by atoms with Crippen molar-refractivity contribution in [1.29, 1.82) is 0 Å². The molecule has 1 aromatic carbocycles. The zero-order valence-electron chi connectivity index (χ0n) is 11.4. The monoisotopic (exact) mass is 285 g/mol. The average molecular weight is 286 g/mol. The van der Waals surface area contributed by atoms with E-state index in [1.165, 1.54) is 13.2 Å². The van der Waals surface area contributed by atoms with E-state index >= 15 is 0 Å². The minimum absolute atomic E-state index is 0.0691. The van der Waals surface area contributed by atoms with Crippen LogP contribution in [-0.4, -0.2) is 42.0 Å². The Morgan fingerprint density at radius 2 is 2.16 bits per heavy atom. The molecule has 0 saturated heterocycles. The van der Waals surface area contributed by atoms with Crippen LogP contribution in [0.3, 0.4) is 0 Å². The lowest BCUT2D eigenvalue weighted by molar-refractivity contribution is 0.0760. The van der Waals surface area contributed by atoms with Gasteiger partial charge in [-0.2, -0.15) is 0 Å². The van der Waals surface area contributed by atoms with Crippen LogP contribution in [0.25, 0.3) is 0 Å². The standard InChI is InChI=1S/C14H20ClNO3/c1-3-4-8-16(9-7-15)14(18)12-6-5-11(19-2)10-13(12)17/h5-6,10,17H,3-4,7-9H2,1-2H3. The number of alkyl halides is 1. The highest BCUT2D eigenvalue weighted by atomic mass is 35.5. The van der Waals surface area contributed by atoms with Crippen LogP contribution in [0.5, 0.6) is 11.5 Å². The van der Waals surface area contributed by atoms with Gasteiger partial charge in [0.15, 0.2) is 0 Å². The number of methoxy groups -OCH3 is 1. The molecule has 0 bridgehead atoms. The van der Waals surface area contributed by atoms with E-state index in [1.54, 1.807) is 17.0 Å². The van der Waals surface area contributed by atoms with E-state index in [1.807, 2.05) is 0 Å². The molecule has 0 aliphatic rings. The van der Waals surface area contributed by atoms with Crippen molar-refractivity contribution in [2.24, 2.45) is 0 Å². The van der Waals surface area contributed by atoms with E-state index in [2.05, 4.69) is 6.92 Å². The number of carbonyl (C=O) groups is 1. The van der Waals surface area contributed by atoms with Crippen molar-refractivity contribution >= 4 is 17.5 Å². The van der Waals surface area contributed by atoms with Crippen molar-refractivity contribution in [2.45, 2.75) is 19.8 Å². The second-order valence-electron chi connectivity index (χ2n) is 4.22. The molecule has 0 aromatic heterocycles. The van der Waals surface area contributed by atoms with Crippen molar-refractivity contribution in [2.75, 3.05) is 26.1 Å². The lowest BCUT2D eigenvalue weighted by atomic mass is 10.1. The molecule has 0 saturated carbocycles. The number of aromatic hydroxyl groups is 1. The maximum Gasteiger partial charge on any atom is 0.257 e. The second kappa shape index (κ2) is 7.89. The summed E-state index contributed by atoms with van der Waals surface area (Å²) in [6.07, 6.45) is 1.92. The van der Waals surface area contributed by atoms with E-state index in [0.717, 1.165) is 12.8 Å². The maximum absolute atomic E-state index is 12.3. The fourth-order valence-electron chi connectivity index (χ4n) is 1.76. The zero-order chi connectivity index (χ0) is 14.3. The Kier molecular flexibility index (Phi) is 6.50. The molecule has 0 atom stereocenters. The normalized spacial score (nSPS) is 10.3. The number of halogens is 1. The van der Waals surface area contributed by atoms with E-state index in [9.17, 15) is 9.90 Å². The number of carbonyl (C=O) groups excluding carboxylic acids is 1. The molecule has 0 aliphatic carbocycles. The molecule has 0 aliphatic heterocycles. The van der Waals surface area contributed by atoms with Crippen LogP contribution in [0.4, 0.5) is 0 Å². The van der Waals surface area contributed by atoms with Gasteiger partial charge in [-0.15, -0.1) is 11.6 Å². The number of rotatable bonds is 7. The van der Waals surface area contributed by atoms with Crippen LogP contribution in [0.15, 0.2) is 18.2 Å². The smallest absolute Gasteiger partial charge is 0.257 e. The zero-order valence-corrected chi connectivity index (χ0v) is 12.1. The molecule has 0 spiro atoms. The lowest BCUT2D eigenvalue weighted by Crippen LogP contribution is -2.33. The molecule has 1 N–H and O–H groups in total. The van der Waals surface area contributed by atoms with Gasteiger partial charge in [0.25, 0.3) is 5.91 Å². The maximum atomic E-state index is 12.3. The lowest BCUT2D eigenvalue weighted by Gasteiger charge is -2.22. The van der Waals surface area contributed by atoms with Gasteiger partial charge in [0.1, 0.15) is 11.5 Å². The fourth-order valence-corrected chi connectivity index (χ4v) is 1.96. The number of hydrogen-bond donors (Lipinski definition) is 1. The average Bonchev–Trinajstić information content (AvgIpc) is 2.42. The van der Waals surface area contributed by atoms with Crippen LogP contribution in [-0.2, 0) is 0 Å². The molecule has 1 rings (SSSR count). The summed E-state index contributed by atoms with van der Waals surface area (Å²) in [5.41, 5.74) is 0.280. The van der Waals surface area contributed by atoms with Gasteiger partial charge in [0.05, 0.1) is 12.7 Å². The highest BCUT2D eigenvalue weighted by Crippen LogP contribution is 2.24. The number of nitrogens with zero attached hydrogens (tertiary/aromatic N) is 1. The second-order valence-corrected chi connectivity index (χ2v) is 4.60. The molecule has 106 valence electrons. The Balaban J connectivity index is 2.89. The molecule has 4 nitrogen and oxygen atoms in total. The Bertz CT molecular complexity index is 423. The Morgan fingerprint density at radius 1 is 1.42 bits per heavy atom. The van der Waals surface area contributed by atoms with Gasteiger partial charge < -0.3 is 14.7 Å². The third-order valence-corrected chi connectivity index (χ3v) is 3.03. The number of hydrogen-bond acceptors (Lipinski definition) is 3. The highest BCUT2D eigenvalue weighted by molar-refractivity contribution is 6.18. The van der Waals surface area contributed by atoms with Gasteiger partial charge >= 0.3 is 0 Å². The van der Waals surface area contributed by atoms with Gasteiger partial charge in [0.2, 0.25) is 0 Å². The van der Waals surface area contributed by atoms with E-state index in [4.69, 9.17) is 16.3 Å². The first-order chi connectivity index (χ1) is 9.13. The number of unbranched alkanes of at least 4 members (excludes halogenated alkanes) is 1. The number of amides is 1. The molecule has 19 heavy (non-hydrogen) atoms. The van der Waals surface area contributed by atoms with Crippen molar-refractivity contribution in [3.8, 4) is 11.5 Å². The van der Waals surface area contributed by atoms with E-state index < -0.39 is 0 Å². The quantitative estimate of drug-likeness (QED) is 0.784. The molecule has 1 aromatic rings. The summed E-state index contributed by atoms with van der Waals surface area (Å²) in [7, 11) is 1.51. The van der Waals surface area contributed by atoms with Crippen molar-refractivity contribution < 1.29 is 14.6 Å². The van der Waals surface area contributed by atoms with Crippen molar-refractivity contribution in [1.82, 2.24) is 4.90 Å². The third-order valence-electron chi connectivity index (χ3n) is 2.86. The largest absolute Gasteiger partial charge is 0.507 e. The number of benzene rings is 1. The Hall–Kier alpha value is -1.42. The minimum atomic E-state index is -0.200. The van der Waals surface area contributed by atoms with E-state index in [-0.39, 0.29) is 17.2 Å². The van der Waals surface area contributed by atoms with Crippen LogP contribution in [0, 0.1) is 0 Å². The number of ether oxygens (including phenoxy) is 1. The number of phenols is 1. The number of phenolic OH excluding ortho intramolecular Hbond substituents is 1. The predicted molar refractivity (Wildman–Crippen MR) is 76.2 cm³/mol. The van der Waals surface area contributed by atoms with Crippen LogP contribution >= 0.6 is 11.6 Å². The first kappa shape index (κ1) is 15.6. The van der Waals surface area contributed by atoms with Gasteiger partial charge in [-0.25, -0.2) is 0 Å². The van der Waals surface area contributed by atoms with Crippen molar-refractivity contribution in [3.05, 3.63) is 23.8 Å². The molecule has 0 heterocycles. The third kappa shape index (κ3) is 4.31. The summed E-state index contributed by atoms with van der Waals surface area (Å²) in [6.45, 7) is 3.19. The fraction of sp³-hybridized carbons (Fsp3) is 0.500. The molecular formula is C14H20ClNO3. The van der Waals surface area contributed by atoms with Gasteiger partial charge in [-0.3, -0.25) is 4.79 Å². The van der Waals surface area contributed by atoms with Crippen LogP contribution in [0.1, 0.15) is 30.1 Å². The van der Waals surface area contributed by atoms with Gasteiger partial charge in [-0.05, 0) is 18.6 Å². The molecule has 0 radical (unpaired) electrons. The first-order valence-corrected chi connectivity index (χ1v) is 6.89. The SMILES string of the molecule is CCCCN(CCCl)C(=O)c1ccc(OC)cc1O. The molecule has 5 heteroatoms. The molecule has 0 fully saturated rings. The highest BCUT2D eigenvalue weighted by Gasteiger charge is 2.18. The summed E-state index contributed by atoms with van der Waals surface area (Å²) in [6, 6.07) is 4.67. The Labute approximate surface area is 118 Å². The minimum Gasteiger partial charge on any atom is -0.507 e. The Morgan fingerprint density at radius 3 is 2.68 bits per heavy atom. The van der Waals surface area contributed by atoms with E-state index in [0.29, 0.717) is 24.7 Å². The summed E-state index contributed by atoms with van der Waals surface area (Å²) in [5.74, 6) is 0.632. The van der Waals surface area contributed by atoms with Crippen molar-refractivity contribution in [3.63, 3.8) is 0 Å². The topological polar surface area (TPSA) is 49.8 Å². The summed E-state index contributed by atoms with van der Waals surface area (Å²) in [5, 5.41) is 9.87. The van der Waals surface area contributed by atoms with Gasteiger partial charge in [0, 0.05) is 25.0 Å². The molecule has 0 unspecified atom stereocenters. The van der Waals surface area contributed by atoms with Crippen LogP contribution < -0.4 is 4.74 Å². The van der Waals surface area contributed by atoms with Crippen LogP contribution in [0.2, 0.25) is 0 Å². The summed E-state index contributed by atoms with van der Waals surface area (Å²) >= 11 is 5.72. The van der Waals surface area contributed by atoms with Gasteiger partial charge in [-0.1, -0.05) is 13.3 Å². The summed E-state index contributed by atoms with van der Waals surface area (Å²) in [4.78, 5) is 14.0. The predicted octanol–water partition coefficient (Wildman–Crippen LogP) is 2.88. The summed E-state index contributed by atoms with van der Waals surface area (Å²) < 4.78 is 5.00. The molecular weight excluding hydrogens is 266 g/mol. The molecule has 1 amide bonds.